The van der Waals surface area contributed by atoms with Crippen LogP contribution in [0, 0.1) is 0 Å². The molecule has 6 nitrogen and oxygen atoms in total. The van der Waals surface area contributed by atoms with Gasteiger partial charge in [0.1, 0.15) is 5.84 Å². The second-order valence-electron chi connectivity index (χ2n) is 6.77. The highest BCUT2D eigenvalue weighted by atomic mass is 79.9. The summed E-state index contributed by atoms with van der Waals surface area (Å²) in [7, 11) is -1.70. The first kappa shape index (κ1) is 18.5. The monoisotopic (exact) mass is 427 g/mol. The number of rotatable bonds is 4. The second-order valence-corrected chi connectivity index (χ2v) is 8.75. The molecule has 1 amide bonds. The molecule has 0 spiro atoms. The minimum atomic E-state index is -1.70. The molecule has 0 aromatic heterocycles. The van der Waals surface area contributed by atoms with Crippen molar-refractivity contribution in [3.05, 3.63) is 22.2 Å². The van der Waals surface area contributed by atoms with Crippen LogP contribution < -0.4 is 10.6 Å². The fraction of sp³-hybridized carbons (Fsp3) is 0.529. The Hall–Kier alpha value is -1.25. The molecule has 1 aromatic carbocycles. The van der Waals surface area contributed by atoms with Crippen LogP contribution in [0.25, 0.3) is 0 Å². The number of hydrogen-bond acceptors (Lipinski definition) is 3. The topological polar surface area (TPSA) is 96.0 Å². The SMILES string of the molecule is CC(=O)N1CCc2cc(Br)c(S(=O)/N=C(\N)CC3(O)CCCC3)cc21. The highest BCUT2D eigenvalue weighted by Crippen LogP contribution is 2.36. The molecular formula is C17H22BrN3O3S. The van der Waals surface area contributed by atoms with E-state index >= 15 is 0 Å². The van der Waals surface area contributed by atoms with E-state index in [0.29, 0.717) is 28.8 Å². The van der Waals surface area contributed by atoms with Crippen LogP contribution in [-0.2, 0) is 22.2 Å². The molecule has 1 fully saturated rings. The molecule has 8 heteroatoms. The first-order valence-corrected chi connectivity index (χ1v) is 10.3. The van der Waals surface area contributed by atoms with Crippen molar-refractivity contribution in [2.75, 3.05) is 11.4 Å². The molecule has 1 unspecified atom stereocenters. The maximum absolute atomic E-state index is 12.7. The number of nitrogens with zero attached hydrogens (tertiary/aromatic N) is 2. The number of halogens is 1. The van der Waals surface area contributed by atoms with Crippen LogP contribution in [0.1, 0.15) is 44.6 Å². The molecule has 0 bridgehead atoms. The standard InChI is InChI=1S/C17H22BrN3O3S/c1-11(22)21-7-4-12-8-13(18)15(9-14(12)21)25(24)20-16(19)10-17(23)5-2-3-6-17/h8-9,23H,2-7,10H2,1H3,(H2,19,20). The van der Waals surface area contributed by atoms with Gasteiger partial charge in [0.2, 0.25) is 5.91 Å². The molecule has 1 aromatic rings. The zero-order valence-electron chi connectivity index (χ0n) is 14.1. The maximum Gasteiger partial charge on any atom is 0.223 e. The van der Waals surface area contributed by atoms with Gasteiger partial charge in [-0.25, -0.2) is 4.21 Å². The third-order valence-electron chi connectivity index (χ3n) is 4.84. The molecule has 2 aliphatic rings. The van der Waals surface area contributed by atoms with E-state index in [1.54, 1.807) is 11.0 Å². The van der Waals surface area contributed by atoms with Crippen molar-refractivity contribution in [1.82, 2.24) is 0 Å². The Balaban J connectivity index is 1.83. The number of amides is 1. The van der Waals surface area contributed by atoms with Crippen molar-refractivity contribution in [2.45, 2.75) is 55.9 Å². The third kappa shape index (κ3) is 3.96. The number of aliphatic hydroxyl groups is 1. The van der Waals surface area contributed by atoms with Crippen LogP contribution in [0.5, 0.6) is 0 Å². The molecule has 3 N–H and O–H groups in total. The number of amidine groups is 1. The number of hydrogen-bond donors (Lipinski definition) is 2. The van der Waals surface area contributed by atoms with E-state index in [1.807, 2.05) is 6.07 Å². The van der Waals surface area contributed by atoms with Gasteiger partial charge in [-0.2, -0.15) is 4.40 Å². The number of carbonyl (C=O) groups excluding carboxylic acids is 1. The molecule has 3 rings (SSSR count). The van der Waals surface area contributed by atoms with Crippen LogP contribution >= 0.6 is 15.9 Å². The maximum atomic E-state index is 12.7. The van der Waals surface area contributed by atoms with Gasteiger partial charge in [-0.1, -0.05) is 12.8 Å². The average Bonchev–Trinajstić information content (AvgIpc) is 3.11. The average molecular weight is 428 g/mol. The Morgan fingerprint density at radius 1 is 1.44 bits per heavy atom. The van der Waals surface area contributed by atoms with Gasteiger partial charge in [-0.15, -0.1) is 0 Å². The van der Waals surface area contributed by atoms with E-state index in [2.05, 4.69) is 20.3 Å². The van der Waals surface area contributed by atoms with Crippen molar-refractivity contribution >= 4 is 44.3 Å². The van der Waals surface area contributed by atoms with Crippen molar-refractivity contribution < 1.29 is 14.1 Å². The summed E-state index contributed by atoms with van der Waals surface area (Å²) in [5.74, 6) is 0.155. The summed E-state index contributed by atoms with van der Waals surface area (Å²) in [6.45, 7) is 2.15. The van der Waals surface area contributed by atoms with Gasteiger partial charge < -0.3 is 15.7 Å². The number of carbonyl (C=O) groups is 1. The lowest BCUT2D eigenvalue weighted by molar-refractivity contribution is -0.116. The molecule has 0 radical (unpaired) electrons. The van der Waals surface area contributed by atoms with Crippen molar-refractivity contribution in [2.24, 2.45) is 10.1 Å². The zero-order chi connectivity index (χ0) is 18.2. The van der Waals surface area contributed by atoms with Gasteiger partial charge >= 0.3 is 0 Å². The van der Waals surface area contributed by atoms with Gasteiger partial charge in [0, 0.05) is 30.0 Å². The molecule has 136 valence electrons. The summed E-state index contributed by atoms with van der Waals surface area (Å²) >= 11 is 3.44. The minimum absolute atomic E-state index is 0.0377. The Morgan fingerprint density at radius 2 is 2.12 bits per heavy atom. The number of anilines is 1. The molecule has 1 aliphatic carbocycles. The van der Waals surface area contributed by atoms with Crippen LogP contribution in [0.4, 0.5) is 5.69 Å². The number of nitrogens with two attached hydrogens (primary N) is 1. The van der Waals surface area contributed by atoms with E-state index in [-0.39, 0.29) is 18.2 Å². The van der Waals surface area contributed by atoms with Crippen molar-refractivity contribution in [3.63, 3.8) is 0 Å². The molecule has 1 atom stereocenters. The predicted octanol–water partition coefficient (Wildman–Crippen LogP) is 2.43. The van der Waals surface area contributed by atoms with Crippen LogP contribution in [0.3, 0.4) is 0 Å². The largest absolute Gasteiger partial charge is 0.389 e. The second kappa shape index (κ2) is 7.17. The van der Waals surface area contributed by atoms with E-state index in [4.69, 9.17) is 5.73 Å². The zero-order valence-corrected chi connectivity index (χ0v) is 16.5. The summed E-state index contributed by atoms with van der Waals surface area (Å²) in [4.78, 5) is 13.9. The number of fused-ring (bicyclic) bond motifs is 1. The summed E-state index contributed by atoms with van der Waals surface area (Å²) in [5, 5.41) is 10.4. The molecule has 1 aliphatic heterocycles. The van der Waals surface area contributed by atoms with E-state index < -0.39 is 16.6 Å². The Bertz CT molecular complexity index is 760. The highest BCUT2D eigenvalue weighted by Gasteiger charge is 2.32. The lowest BCUT2D eigenvalue weighted by atomic mass is 9.98. The highest BCUT2D eigenvalue weighted by molar-refractivity contribution is 9.10. The van der Waals surface area contributed by atoms with Crippen LogP contribution in [-0.4, -0.2) is 33.2 Å². The molecule has 25 heavy (non-hydrogen) atoms. The quantitative estimate of drug-likeness (QED) is 0.569. The summed E-state index contributed by atoms with van der Waals surface area (Å²) in [6, 6.07) is 3.63. The van der Waals surface area contributed by atoms with Crippen LogP contribution in [0.15, 0.2) is 25.9 Å². The fourth-order valence-corrected chi connectivity index (χ4v) is 5.20. The van der Waals surface area contributed by atoms with Gasteiger partial charge in [-0.05, 0) is 52.9 Å². The summed E-state index contributed by atoms with van der Waals surface area (Å²) in [6.07, 6.45) is 4.37. The Kier molecular flexibility index (Phi) is 5.31. The van der Waals surface area contributed by atoms with Gasteiger partial charge in [0.05, 0.1) is 10.5 Å². The number of benzene rings is 1. The van der Waals surface area contributed by atoms with Crippen molar-refractivity contribution in [1.29, 1.82) is 0 Å². The lowest BCUT2D eigenvalue weighted by Gasteiger charge is -2.21. The van der Waals surface area contributed by atoms with E-state index in [9.17, 15) is 14.1 Å². The molecular weight excluding hydrogens is 406 g/mol. The summed E-state index contributed by atoms with van der Waals surface area (Å²) < 4.78 is 17.4. The molecule has 1 saturated carbocycles. The Morgan fingerprint density at radius 3 is 2.76 bits per heavy atom. The smallest absolute Gasteiger partial charge is 0.223 e. The normalized spacial score (nSPS) is 20.6. The first-order valence-electron chi connectivity index (χ1n) is 8.37. The third-order valence-corrected chi connectivity index (χ3v) is 6.87. The minimum Gasteiger partial charge on any atom is -0.389 e. The van der Waals surface area contributed by atoms with E-state index in [0.717, 1.165) is 30.5 Å². The molecule has 0 saturated heterocycles. The first-order chi connectivity index (χ1) is 11.8. The predicted molar refractivity (Wildman–Crippen MR) is 102 cm³/mol. The van der Waals surface area contributed by atoms with E-state index in [1.165, 1.54) is 6.92 Å². The van der Waals surface area contributed by atoms with Gasteiger partial charge in [0.15, 0.2) is 11.0 Å². The summed E-state index contributed by atoms with van der Waals surface area (Å²) in [5.41, 5.74) is 6.93. The van der Waals surface area contributed by atoms with Crippen molar-refractivity contribution in [3.8, 4) is 0 Å². The Labute approximate surface area is 158 Å². The lowest BCUT2D eigenvalue weighted by Crippen LogP contribution is -2.31. The van der Waals surface area contributed by atoms with Crippen LogP contribution in [0.2, 0.25) is 0 Å². The molecule has 1 heterocycles. The van der Waals surface area contributed by atoms with Gasteiger partial charge in [-0.3, -0.25) is 4.79 Å². The fourth-order valence-electron chi connectivity index (χ4n) is 3.58. The van der Waals surface area contributed by atoms with Gasteiger partial charge in [0.25, 0.3) is 0 Å².